The zero-order valence-electron chi connectivity index (χ0n) is 13.3. The molecule has 2 heterocycles. The van der Waals surface area contributed by atoms with E-state index in [1.54, 1.807) is 0 Å². The fourth-order valence-electron chi connectivity index (χ4n) is 3.55. The molecule has 0 saturated heterocycles. The molecule has 0 saturated carbocycles. The molecule has 1 aliphatic heterocycles. The van der Waals surface area contributed by atoms with Gasteiger partial charge in [-0.3, -0.25) is 4.90 Å². The second-order valence-corrected chi connectivity index (χ2v) is 6.24. The number of hydrogen-bond donors (Lipinski definition) is 1. The van der Waals surface area contributed by atoms with E-state index in [-0.39, 0.29) is 12.4 Å². The van der Waals surface area contributed by atoms with Gasteiger partial charge in [0, 0.05) is 29.7 Å². The molecule has 0 atom stereocenters. The molecule has 1 aromatic heterocycles. The Morgan fingerprint density at radius 3 is 2.61 bits per heavy atom. The summed E-state index contributed by atoms with van der Waals surface area (Å²) in [6.45, 7) is 3.42. The molecule has 0 bridgehead atoms. The summed E-state index contributed by atoms with van der Waals surface area (Å²) >= 11 is 0. The Morgan fingerprint density at radius 1 is 0.957 bits per heavy atom. The highest BCUT2D eigenvalue weighted by atomic mass is 35.5. The number of fused-ring (bicyclic) bond motifs is 3. The second kappa shape index (κ2) is 7.20. The topological polar surface area (TPSA) is 19.0 Å². The lowest BCUT2D eigenvalue weighted by atomic mass is 10.1. The molecule has 2 nitrogen and oxygen atoms in total. The first-order valence-corrected chi connectivity index (χ1v) is 8.25. The average molecular weight is 327 g/mol. The highest BCUT2D eigenvalue weighted by molar-refractivity contribution is 5.85. The highest BCUT2D eigenvalue weighted by Crippen LogP contribution is 2.27. The van der Waals surface area contributed by atoms with Crippen LogP contribution >= 0.6 is 12.4 Å². The van der Waals surface area contributed by atoms with Crippen LogP contribution in [0.2, 0.25) is 0 Å². The normalized spacial score (nSPS) is 15.0. The van der Waals surface area contributed by atoms with Crippen LogP contribution in [0.3, 0.4) is 0 Å². The molecule has 1 aliphatic rings. The van der Waals surface area contributed by atoms with Crippen molar-refractivity contribution in [3.63, 3.8) is 0 Å². The van der Waals surface area contributed by atoms with E-state index in [1.165, 1.54) is 47.1 Å². The van der Waals surface area contributed by atoms with Gasteiger partial charge in [0.25, 0.3) is 0 Å². The molecular weight excluding hydrogens is 304 g/mol. The third-order valence-electron chi connectivity index (χ3n) is 4.74. The Balaban J connectivity index is 0.00000156. The van der Waals surface area contributed by atoms with Crippen LogP contribution in [0.25, 0.3) is 10.9 Å². The standard InChI is InChI=1S/C20H22N2.ClH/c1-2-7-16(8-3-1)12-14-22-13-6-11-20-18(15-22)17-9-4-5-10-19(17)21-20;/h1-5,7-10,21H,6,11-15H2;1H. The Labute approximate surface area is 143 Å². The number of hydrogen-bond acceptors (Lipinski definition) is 1. The molecule has 23 heavy (non-hydrogen) atoms. The zero-order valence-corrected chi connectivity index (χ0v) is 14.1. The molecule has 0 unspecified atom stereocenters. The number of H-pyrrole nitrogens is 1. The second-order valence-electron chi connectivity index (χ2n) is 6.24. The number of aryl methyl sites for hydroxylation is 1. The van der Waals surface area contributed by atoms with Gasteiger partial charge in [-0.05, 0) is 43.0 Å². The van der Waals surface area contributed by atoms with E-state index < -0.39 is 0 Å². The first kappa shape index (κ1) is 16.1. The number of nitrogens with zero attached hydrogens (tertiary/aromatic N) is 1. The number of para-hydroxylation sites is 1. The SMILES string of the molecule is Cl.c1ccc(CCN2CCCc3[nH]c4ccccc4c3C2)cc1. The molecule has 4 rings (SSSR count). The summed E-state index contributed by atoms with van der Waals surface area (Å²) in [4.78, 5) is 6.23. The fraction of sp³-hybridized carbons (Fsp3) is 0.300. The van der Waals surface area contributed by atoms with E-state index in [2.05, 4.69) is 64.5 Å². The quantitative estimate of drug-likeness (QED) is 0.746. The van der Waals surface area contributed by atoms with Crippen molar-refractivity contribution in [1.29, 1.82) is 0 Å². The Kier molecular flexibility index (Phi) is 5.04. The van der Waals surface area contributed by atoms with Crippen LogP contribution < -0.4 is 0 Å². The number of halogens is 1. The van der Waals surface area contributed by atoms with Crippen LogP contribution in [0, 0.1) is 0 Å². The van der Waals surface area contributed by atoms with Gasteiger partial charge >= 0.3 is 0 Å². The number of aromatic amines is 1. The van der Waals surface area contributed by atoms with E-state index >= 15 is 0 Å². The molecule has 0 spiro atoms. The molecule has 120 valence electrons. The monoisotopic (exact) mass is 326 g/mol. The van der Waals surface area contributed by atoms with Crippen molar-refractivity contribution >= 4 is 23.3 Å². The lowest BCUT2D eigenvalue weighted by Gasteiger charge is -2.20. The van der Waals surface area contributed by atoms with Gasteiger partial charge in [0.1, 0.15) is 0 Å². The molecule has 0 radical (unpaired) electrons. The molecule has 3 aromatic rings. The minimum absolute atomic E-state index is 0. The first-order valence-electron chi connectivity index (χ1n) is 8.25. The minimum atomic E-state index is 0. The van der Waals surface area contributed by atoms with Crippen molar-refractivity contribution in [2.24, 2.45) is 0 Å². The predicted octanol–water partition coefficient (Wildman–Crippen LogP) is 4.58. The van der Waals surface area contributed by atoms with Crippen molar-refractivity contribution in [2.45, 2.75) is 25.8 Å². The highest BCUT2D eigenvalue weighted by Gasteiger charge is 2.18. The molecular formula is C20H23ClN2. The number of rotatable bonds is 3. The van der Waals surface area contributed by atoms with E-state index in [1.807, 2.05) is 0 Å². The molecule has 0 aliphatic carbocycles. The van der Waals surface area contributed by atoms with Gasteiger partial charge in [0.15, 0.2) is 0 Å². The average Bonchev–Trinajstić information content (AvgIpc) is 2.78. The van der Waals surface area contributed by atoms with Gasteiger partial charge in [-0.1, -0.05) is 48.5 Å². The summed E-state index contributed by atoms with van der Waals surface area (Å²) in [5.41, 5.74) is 5.69. The van der Waals surface area contributed by atoms with E-state index in [4.69, 9.17) is 0 Å². The smallest absolute Gasteiger partial charge is 0.0459 e. The van der Waals surface area contributed by atoms with Crippen molar-refractivity contribution in [2.75, 3.05) is 13.1 Å². The molecule has 0 fully saturated rings. The maximum absolute atomic E-state index is 3.62. The first-order chi connectivity index (χ1) is 10.9. The molecule has 0 amide bonds. The minimum Gasteiger partial charge on any atom is -0.358 e. The summed E-state index contributed by atoms with van der Waals surface area (Å²) in [5.74, 6) is 0. The van der Waals surface area contributed by atoms with Crippen LogP contribution in [-0.2, 0) is 19.4 Å². The van der Waals surface area contributed by atoms with Gasteiger partial charge in [0.2, 0.25) is 0 Å². The van der Waals surface area contributed by atoms with Crippen LogP contribution in [0.4, 0.5) is 0 Å². The van der Waals surface area contributed by atoms with Crippen molar-refractivity contribution in [3.05, 3.63) is 71.4 Å². The van der Waals surface area contributed by atoms with Crippen LogP contribution in [0.1, 0.15) is 23.2 Å². The third-order valence-corrected chi connectivity index (χ3v) is 4.74. The summed E-state index contributed by atoms with van der Waals surface area (Å²) in [7, 11) is 0. The predicted molar refractivity (Wildman–Crippen MR) is 99.3 cm³/mol. The van der Waals surface area contributed by atoms with Crippen LogP contribution in [0.5, 0.6) is 0 Å². The van der Waals surface area contributed by atoms with Gasteiger partial charge in [0.05, 0.1) is 0 Å². The van der Waals surface area contributed by atoms with Gasteiger partial charge in [-0.2, -0.15) is 0 Å². The maximum atomic E-state index is 3.62. The largest absolute Gasteiger partial charge is 0.358 e. The summed E-state index contributed by atoms with van der Waals surface area (Å²) in [5, 5.41) is 1.41. The summed E-state index contributed by atoms with van der Waals surface area (Å²) < 4.78 is 0. The zero-order chi connectivity index (χ0) is 14.8. The van der Waals surface area contributed by atoms with E-state index in [0.29, 0.717) is 0 Å². The van der Waals surface area contributed by atoms with Gasteiger partial charge in [-0.15, -0.1) is 12.4 Å². The lowest BCUT2D eigenvalue weighted by molar-refractivity contribution is 0.274. The maximum Gasteiger partial charge on any atom is 0.0459 e. The van der Waals surface area contributed by atoms with Crippen molar-refractivity contribution < 1.29 is 0 Å². The lowest BCUT2D eigenvalue weighted by Crippen LogP contribution is -2.25. The Hall–Kier alpha value is -1.77. The number of aromatic nitrogens is 1. The van der Waals surface area contributed by atoms with E-state index in [0.717, 1.165) is 19.5 Å². The van der Waals surface area contributed by atoms with Gasteiger partial charge < -0.3 is 4.98 Å². The summed E-state index contributed by atoms with van der Waals surface area (Å²) in [6, 6.07) is 19.5. The fourth-order valence-corrected chi connectivity index (χ4v) is 3.55. The van der Waals surface area contributed by atoms with E-state index in [9.17, 15) is 0 Å². The van der Waals surface area contributed by atoms with Gasteiger partial charge in [-0.25, -0.2) is 0 Å². The van der Waals surface area contributed by atoms with Crippen molar-refractivity contribution in [1.82, 2.24) is 9.88 Å². The summed E-state index contributed by atoms with van der Waals surface area (Å²) in [6.07, 6.45) is 3.55. The number of benzene rings is 2. The Morgan fingerprint density at radius 2 is 1.74 bits per heavy atom. The van der Waals surface area contributed by atoms with Crippen molar-refractivity contribution in [3.8, 4) is 0 Å². The third kappa shape index (κ3) is 3.44. The number of nitrogens with one attached hydrogen (secondary N) is 1. The molecule has 1 N–H and O–H groups in total. The molecule has 3 heteroatoms. The Bertz CT molecular complexity index is 764. The van der Waals surface area contributed by atoms with Crippen LogP contribution in [-0.4, -0.2) is 23.0 Å². The molecule has 2 aromatic carbocycles. The van der Waals surface area contributed by atoms with Crippen LogP contribution in [0.15, 0.2) is 54.6 Å².